The van der Waals surface area contributed by atoms with E-state index in [1.54, 1.807) is 19.1 Å². The predicted molar refractivity (Wildman–Crippen MR) is 96.5 cm³/mol. The maximum atomic E-state index is 12.6. The SMILES string of the molecule is CCOC(=O)c1noc2ncn(CC(=O)Nc3ccc(CC)cc3)c(=O)c12. The second kappa shape index (κ2) is 7.81. The summed E-state index contributed by atoms with van der Waals surface area (Å²) in [5.74, 6) is -1.19. The van der Waals surface area contributed by atoms with Gasteiger partial charge in [0, 0.05) is 5.69 Å². The van der Waals surface area contributed by atoms with Crippen LogP contribution in [0.25, 0.3) is 11.1 Å². The van der Waals surface area contributed by atoms with Crippen LogP contribution >= 0.6 is 0 Å². The van der Waals surface area contributed by atoms with Crippen molar-refractivity contribution in [1.82, 2.24) is 14.7 Å². The van der Waals surface area contributed by atoms with Gasteiger partial charge in [0.15, 0.2) is 0 Å². The Balaban J connectivity index is 1.82. The van der Waals surface area contributed by atoms with E-state index in [9.17, 15) is 14.4 Å². The maximum Gasteiger partial charge on any atom is 0.361 e. The van der Waals surface area contributed by atoms with Gasteiger partial charge in [0.05, 0.1) is 6.61 Å². The van der Waals surface area contributed by atoms with Crippen molar-refractivity contribution in [2.24, 2.45) is 0 Å². The van der Waals surface area contributed by atoms with Crippen LogP contribution in [0.5, 0.6) is 0 Å². The van der Waals surface area contributed by atoms with E-state index < -0.39 is 17.4 Å². The minimum absolute atomic E-state index is 0.0881. The smallest absolute Gasteiger partial charge is 0.361 e. The Hall–Kier alpha value is -3.49. The molecule has 2 heterocycles. The molecule has 1 aromatic carbocycles. The van der Waals surface area contributed by atoms with Crippen LogP contribution in [-0.4, -0.2) is 33.2 Å². The quantitative estimate of drug-likeness (QED) is 0.657. The Morgan fingerprint density at radius 3 is 2.63 bits per heavy atom. The fourth-order valence-electron chi connectivity index (χ4n) is 2.51. The molecule has 0 atom stereocenters. The van der Waals surface area contributed by atoms with Crippen LogP contribution in [0.3, 0.4) is 0 Å². The first kappa shape index (κ1) is 18.3. The number of amides is 1. The first-order chi connectivity index (χ1) is 13.0. The largest absolute Gasteiger partial charge is 0.461 e. The molecule has 0 bridgehead atoms. The van der Waals surface area contributed by atoms with Gasteiger partial charge in [-0.05, 0) is 31.0 Å². The van der Waals surface area contributed by atoms with Crippen molar-refractivity contribution in [1.29, 1.82) is 0 Å². The average molecular weight is 370 g/mol. The van der Waals surface area contributed by atoms with E-state index in [0.717, 1.165) is 16.6 Å². The molecule has 0 unspecified atom stereocenters. The number of hydrogen-bond donors (Lipinski definition) is 1. The molecular weight excluding hydrogens is 352 g/mol. The molecule has 0 spiro atoms. The maximum absolute atomic E-state index is 12.6. The second-order valence-electron chi connectivity index (χ2n) is 5.71. The van der Waals surface area contributed by atoms with Crippen molar-refractivity contribution in [2.45, 2.75) is 26.8 Å². The second-order valence-corrected chi connectivity index (χ2v) is 5.71. The van der Waals surface area contributed by atoms with Gasteiger partial charge in [-0.25, -0.2) is 9.78 Å². The van der Waals surface area contributed by atoms with E-state index in [2.05, 4.69) is 15.5 Å². The molecular formula is C18H18N4O5. The lowest BCUT2D eigenvalue weighted by Crippen LogP contribution is -2.28. The minimum Gasteiger partial charge on any atom is -0.461 e. The fraction of sp³-hybridized carbons (Fsp3) is 0.278. The van der Waals surface area contributed by atoms with Crippen molar-refractivity contribution >= 4 is 28.7 Å². The lowest BCUT2D eigenvalue weighted by atomic mass is 10.1. The number of ether oxygens (including phenoxy) is 1. The van der Waals surface area contributed by atoms with Gasteiger partial charge in [0.2, 0.25) is 11.6 Å². The summed E-state index contributed by atoms with van der Waals surface area (Å²) < 4.78 is 10.8. The molecule has 3 rings (SSSR count). The molecule has 0 radical (unpaired) electrons. The molecule has 0 saturated carbocycles. The zero-order valence-electron chi connectivity index (χ0n) is 14.9. The van der Waals surface area contributed by atoms with Crippen LogP contribution in [0.1, 0.15) is 29.9 Å². The van der Waals surface area contributed by atoms with Crippen molar-refractivity contribution < 1.29 is 18.8 Å². The number of esters is 1. The van der Waals surface area contributed by atoms with Gasteiger partial charge >= 0.3 is 5.97 Å². The van der Waals surface area contributed by atoms with Crippen LogP contribution in [-0.2, 0) is 22.5 Å². The van der Waals surface area contributed by atoms with Gasteiger partial charge in [-0.2, -0.15) is 0 Å². The number of aromatic nitrogens is 3. The molecule has 9 heteroatoms. The first-order valence-electron chi connectivity index (χ1n) is 8.44. The Morgan fingerprint density at radius 1 is 1.22 bits per heavy atom. The minimum atomic E-state index is -0.784. The average Bonchev–Trinajstić information content (AvgIpc) is 3.10. The number of benzene rings is 1. The number of anilines is 1. The molecule has 0 aliphatic carbocycles. The Morgan fingerprint density at radius 2 is 1.96 bits per heavy atom. The molecule has 2 aromatic heterocycles. The topological polar surface area (TPSA) is 116 Å². The number of nitrogens with one attached hydrogen (secondary N) is 1. The third kappa shape index (κ3) is 3.86. The molecule has 27 heavy (non-hydrogen) atoms. The number of aryl methyl sites for hydroxylation is 1. The molecule has 0 fully saturated rings. The molecule has 0 saturated heterocycles. The van der Waals surface area contributed by atoms with Crippen molar-refractivity contribution in [3.05, 3.63) is 52.2 Å². The molecule has 0 aliphatic heterocycles. The molecule has 140 valence electrons. The summed E-state index contributed by atoms with van der Waals surface area (Å²) in [7, 11) is 0. The molecule has 3 aromatic rings. The molecule has 9 nitrogen and oxygen atoms in total. The first-order valence-corrected chi connectivity index (χ1v) is 8.44. The Labute approximate surface area is 153 Å². The van der Waals surface area contributed by atoms with E-state index in [1.807, 2.05) is 19.1 Å². The van der Waals surface area contributed by atoms with Crippen molar-refractivity contribution in [2.75, 3.05) is 11.9 Å². The van der Waals surface area contributed by atoms with Gasteiger partial charge < -0.3 is 14.6 Å². The summed E-state index contributed by atoms with van der Waals surface area (Å²) in [5, 5.41) is 6.15. The van der Waals surface area contributed by atoms with Gasteiger partial charge in [0.1, 0.15) is 18.3 Å². The summed E-state index contributed by atoms with van der Waals surface area (Å²) in [6, 6.07) is 7.41. The number of rotatable bonds is 6. The van der Waals surface area contributed by atoms with Gasteiger partial charge in [-0.3, -0.25) is 14.2 Å². The van der Waals surface area contributed by atoms with E-state index in [0.29, 0.717) is 5.69 Å². The number of nitrogens with zero attached hydrogens (tertiary/aromatic N) is 3. The molecule has 1 amide bonds. The Bertz CT molecular complexity index is 1040. The van der Waals surface area contributed by atoms with E-state index in [-0.39, 0.29) is 29.9 Å². The van der Waals surface area contributed by atoms with Crippen LogP contribution in [0.15, 0.2) is 39.9 Å². The summed E-state index contributed by atoms with van der Waals surface area (Å²) in [6.45, 7) is 3.53. The molecule has 1 N–H and O–H groups in total. The van der Waals surface area contributed by atoms with E-state index in [4.69, 9.17) is 9.26 Å². The highest BCUT2D eigenvalue weighted by molar-refractivity contribution is 5.99. The summed E-state index contributed by atoms with van der Waals surface area (Å²) in [5.41, 5.74) is 0.819. The van der Waals surface area contributed by atoms with Gasteiger partial charge in [-0.15, -0.1) is 0 Å². The zero-order chi connectivity index (χ0) is 19.4. The highest BCUT2D eigenvalue weighted by Gasteiger charge is 2.22. The van der Waals surface area contributed by atoms with Crippen LogP contribution in [0.4, 0.5) is 5.69 Å². The van der Waals surface area contributed by atoms with Crippen molar-refractivity contribution in [3.8, 4) is 0 Å². The number of hydrogen-bond acceptors (Lipinski definition) is 7. The lowest BCUT2D eigenvalue weighted by molar-refractivity contribution is -0.116. The Kier molecular flexibility index (Phi) is 5.30. The zero-order valence-corrected chi connectivity index (χ0v) is 14.9. The van der Waals surface area contributed by atoms with Gasteiger partial charge in [-0.1, -0.05) is 24.2 Å². The third-order valence-corrected chi connectivity index (χ3v) is 3.89. The van der Waals surface area contributed by atoms with Crippen LogP contribution in [0, 0.1) is 0 Å². The number of carbonyl (C=O) groups is 2. The standard InChI is InChI=1S/C18H18N4O5/c1-3-11-5-7-12(8-6-11)20-13(23)9-22-10-19-16-14(17(22)24)15(21-27-16)18(25)26-4-2/h5-8,10H,3-4,9H2,1-2H3,(H,20,23). The fourth-order valence-corrected chi connectivity index (χ4v) is 2.51. The van der Waals surface area contributed by atoms with E-state index in [1.165, 1.54) is 6.33 Å². The highest BCUT2D eigenvalue weighted by Crippen LogP contribution is 2.13. The van der Waals surface area contributed by atoms with Crippen molar-refractivity contribution in [3.63, 3.8) is 0 Å². The van der Waals surface area contributed by atoms with Crippen LogP contribution in [0.2, 0.25) is 0 Å². The number of carbonyl (C=O) groups excluding carboxylic acids is 2. The molecule has 0 aliphatic rings. The summed E-state index contributed by atoms with van der Waals surface area (Å²) in [6.07, 6.45) is 2.07. The summed E-state index contributed by atoms with van der Waals surface area (Å²) in [4.78, 5) is 40.7. The predicted octanol–water partition coefficient (Wildman–Crippen LogP) is 1.76. The van der Waals surface area contributed by atoms with E-state index >= 15 is 0 Å². The highest BCUT2D eigenvalue weighted by atomic mass is 16.5. The number of fused-ring (bicyclic) bond motifs is 1. The summed E-state index contributed by atoms with van der Waals surface area (Å²) >= 11 is 0. The lowest BCUT2D eigenvalue weighted by Gasteiger charge is -2.07. The van der Waals surface area contributed by atoms with Crippen LogP contribution < -0.4 is 10.9 Å². The normalized spacial score (nSPS) is 10.7. The van der Waals surface area contributed by atoms with Gasteiger partial charge in [0.25, 0.3) is 11.3 Å². The third-order valence-electron chi connectivity index (χ3n) is 3.89. The monoisotopic (exact) mass is 370 g/mol.